The molecule has 1 fully saturated rings. The molecule has 0 aliphatic carbocycles. The molecule has 1 saturated heterocycles. The first-order valence-corrected chi connectivity index (χ1v) is 9.41. The second kappa shape index (κ2) is 8.28. The molecule has 0 radical (unpaired) electrons. The Balaban J connectivity index is 1.47. The first-order chi connectivity index (χ1) is 14.1. The summed E-state index contributed by atoms with van der Waals surface area (Å²) < 4.78 is 10.7. The summed E-state index contributed by atoms with van der Waals surface area (Å²) in [7, 11) is 0. The van der Waals surface area contributed by atoms with E-state index in [4.69, 9.17) is 9.15 Å². The summed E-state index contributed by atoms with van der Waals surface area (Å²) in [6.45, 7) is 4.26. The van der Waals surface area contributed by atoms with Gasteiger partial charge in [-0.25, -0.2) is 4.98 Å². The summed E-state index contributed by atoms with van der Waals surface area (Å²) in [5, 5.41) is 2.81. The maximum absolute atomic E-state index is 12.7. The fourth-order valence-corrected chi connectivity index (χ4v) is 3.23. The van der Waals surface area contributed by atoms with Gasteiger partial charge in [0.05, 0.1) is 13.2 Å². The largest absolute Gasteiger partial charge is 0.443 e. The van der Waals surface area contributed by atoms with Gasteiger partial charge in [0.25, 0.3) is 11.8 Å². The van der Waals surface area contributed by atoms with Gasteiger partial charge in [0.1, 0.15) is 0 Å². The summed E-state index contributed by atoms with van der Waals surface area (Å²) in [5.74, 6) is 0.0113. The molecule has 0 unspecified atom stereocenters. The van der Waals surface area contributed by atoms with Crippen molar-refractivity contribution in [2.75, 3.05) is 31.6 Å². The Morgan fingerprint density at radius 2 is 1.83 bits per heavy atom. The van der Waals surface area contributed by atoms with Gasteiger partial charge in [-0.05, 0) is 37.3 Å². The lowest BCUT2D eigenvalue weighted by atomic mass is 10.1. The van der Waals surface area contributed by atoms with E-state index in [0.29, 0.717) is 43.3 Å². The molecule has 7 heteroatoms. The SMILES string of the molecule is Cc1cccc(-c2ocnc2C(=O)Nc2ccc(C(=O)N3CCOCC3)cc2)c1. The summed E-state index contributed by atoms with van der Waals surface area (Å²) in [4.78, 5) is 31.0. The highest BCUT2D eigenvalue weighted by Gasteiger charge is 2.20. The summed E-state index contributed by atoms with van der Waals surface area (Å²) in [5.41, 5.74) is 3.22. The smallest absolute Gasteiger partial charge is 0.278 e. The van der Waals surface area contributed by atoms with Crippen LogP contribution < -0.4 is 5.32 Å². The maximum atomic E-state index is 12.7. The number of hydrogen-bond donors (Lipinski definition) is 1. The normalized spacial score (nSPS) is 13.9. The first kappa shape index (κ1) is 18.9. The molecule has 0 atom stereocenters. The van der Waals surface area contributed by atoms with E-state index in [1.165, 1.54) is 6.39 Å². The highest BCUT2D eigenvalue weighted by atomic mass is 16.5. The maximum Gasteiger partial charge on any atom is 0.278 e. The van der Waals surface area contributed by atoms with Crippen molar-refractivity contribution in [1.29, 1.82) is 0 Å². The zero-order valence-electron chi connectivity index (χ0n) is 16.1. The topological polar surface area (TPSA) is 84.7 Å². The average molecular weight is 391 g/mol. The van der Waals surface area contributed by atoms with Crippen LogP contribution in [0.5, 0.6) is 0 Å². The number of anilines is 1. The Kier molecular flexibility index (Phi) is 5.39. The molecule has 2 amide bonds. The van der Waals surface area contributed by atoms with Gasteiger partial charge in [-0.1, -0.05) is 23.8 Å². The first-order valence-electron chi connectivity index (χ1n) is 9.41. The molecule has 0 spiro atoms. The molecule has 0 bridgehead atoms. The lowest BCUT2D eigenvalue weighted by Gasteiger charge is -2.26. The molecule has 148 valence electrons. The molecule has 2 heterocycles. The minimum Gasteiger partial charge on any atom is -0.443 e. The number of nitrogens with zero attached hydrogens (tertiary/aromatic N) is 2. The molecule has 7 nitrogen and oxygen atoms in total. The van der Waals surface area contributed by atoms with Gasteiger partial charge in [0.15, 0.2) is 17.8 Å². The number of rotatable bonds is 4. The van der Waals surface area contributed by atoms with Crippen molar-refractivity contribution in [3.8, 4) is 11.3 Å². The van der Waals surface area contributed by atoms with E-state index < -0.39 is 0 Å². The van der Waals surface area contributed by atoms with Gasteiger partial charge >= 0.3 is 0 Å². The van der Waals surface area contributed by atoms with E-state index in [-0.39, 0.29) is 17.5 Å². The van der Waals surface area contributed by atoms with Crippen LogP contribution in [0.1, 0.15) is 26.4 Å². The molecule has 3 aromatic rings. The Bertz CT molecular complexity index is 1020. The van der Waals surface area contributed by atoms with E-state index >= 15 is 0 Å². The Morgan fingerprint density at radius 1 is 1.07 bits per heavy atom. The third-order valence-electron chi connectivity index (χ3n) is 4.75. The van der Waals surface area contributed by atoms with Crippen LogP contribution in [0.3, 0.4) is 0 Å². The van der Waals surface area contributed by atoms with Gasteiger partial charge in [0.2, 0.25) is 0 Å². The van der Waals surface area contributed by atoms with E-state index in [2.05, 4.69) is 10.3 Å². The van der Waals surface area contributed by atoms with Crippen LogP contribution in [0.15, 0.2) is 59.3 Å². The average Bonchev–Trinajstić information content (AvgIpc) is 3.25. The quantitative estimate of drug-likeness (QED) is 0.737. The number of carbonyl (C=O) groups is 2. The summed E-state index contributed by atoms with van der Waals surface area (Å²) >= 11 is 0. The Hall–Kier alpha value is -3.45. The molecule has 29 heavy (non-hydrogen) atoms. The zero-order valence-corrected chi connectivity index (χ0v) is 16.1. The predicted molar refractivity (Wildman–Crippen MR) is 108 cm³/mol. The van der Waals surface area contributed by atoms with Crippen molar-refractivity contribution < 1.29 is 18.7 Å². The molecule has 2 aromatic carbocycles. The van der Waals surface area contributed by atoms with Crippen LogP contribution in [0.25, 0.3) is 11.3 Å². The number of oxazole rings is 1. The van der Waals surface area contributed by atoms with Gasteiger partial charge in [0, 0.05) is 29.9 Å². The summed E-state index contributed by atoms with van der Waals surface area (Å²) in [6.07, 6.45) is 1.26. The standard InChI is InChI=1S/C22H21N3O4/c1-15-3-2-4-17(13-15)20-19(23-14-29-20)21(26)24-18-7-5-16(6-8-18)22(27)25-9-11-28-12-10-25/h2-8,13-14H,9-12H2,1H3,(H,24,26). The van der Waals surface area contributed by atoms with Crippen LogP contribution >= 0.6 is 0 Å². The van der Waals surface area contributed by atoms with Crippen LogP contribution in [0.2, 0.25) is 0 Å². The molecule has 0 saturated carbocycles. The summed E-state index contributed by atoms with van der Waals surface area (Å²) in [6, 6.07) is 14.5. The van der Waals surface area contributed by atoms with Gasteiger partial charge in [-0.15, -0.1) is 0 Å². The number of hydrogen-bond acceptors (Lipinski definition) is 5. The van der Waals surface area contributed by atoms with Crippen molar-refractivity contribution in [2.24, 2.45) is 0 Å². The molecule has 1 aliphatic rings. The molecule has 1 N–H and O–H groups in total. The third-order valence-corrected chi connectivity index (χ3v) is 4.75. The number of morpholine rings is 1. The monoisotopic (exact) mass is 391 g/mol. The second-order valence-corrected chi connectivity index (χ2v) is 6.84. The van der Waals surface area contributed by atoms with Crippen LogP contribution in [0, 0.1) is 6.92 Å². The molecular weight excluding hydrogens is 370 g/mol. The zero-order chi connectivity index (χ0) is 20.2. The lowest BCUT2D eigenvalue weighted by Crippen LogP contribution is -2.40. The van der Waals surface area contributed by atoms with E-state index in [1.54, 1.807) is 29.2 Å². The Morgan fingerprint density at radius 3 is 2.55 bits per heavy atom. The van der Waals surface area contributed by atoms with Crippen LogP contribution in [-0.4, -0.2) is 48.0 Å². The highest BCUT2D eigenvalue weighted by Crippen LogP contribution is 2.25. The molecule has 4 rings (SSSR count). The predicted octanol–water partition coefficient (Wildman–Crippen LogP) is 3.37. The second-order valence-electron chi connectivity index (χ2n) is 6.84. The number of amides is 2. The van der Waals surface area contributed by atoms with Crippen molar-refractivity contribution in [2.45, 2.75) is 6.92 Å². The van der Waals surface area contributed by atoms with Gasteiger partial charge in [-0.3, -0.25) is 9.59 Å². The van der Waals surface area contributed by atoms with E-state index in [1.807, 2.05) is 31.2 Å². The number of aryl methyl sites for hydroxylation is 1. The Labute approximate surface area is 168 Å². The van der Waals surface area contributed by atoms with Crippen LogP contribution in [0.4, 0.5) is 5.69 Å². The molecular formula is C22H21N3O4. The fraction of sp³-hybridized carbons (Fsp3) is 0.227. The van der Waals surface area contributed by atoms with Crippen molar-refractivity contribution >= 4 is 17.5 Å². The number of nitrogens with one attached hydrogen (secondary N) is 1. The number of aromatic nitrogens is 1. The van der Waals surface area contributed by atoms with E-state index in [0.717, 1.165) is 11.1 Å². The molecule has 1 aromatic heterocycles. The lowest BCUT2D eigenvalue weighted by molar-refractivity contribution is 0.0303. The van der Waals surface area contributed by atoms with E-state index in [9.17, 15) is 9.59 Å². The van der Waals surface area contributed by atoms with Crippen LogP contribution in [-0.2, 0) is 4.74 Å². The minimum absolute atomic E-state index is 0.0376. The van der Waals surface area contributed by atoms with Crippen molar-refractivity contribution in [3.63, 3.8) is 0 Å². The van der Waals surface area contributed by atoms with Gasteiger partial charge < -0.3 is 19.4 Å². The number of ether oxygens (including phenoxy) is 1. The number of benzene rings is 2. The highest BCUT2D eigenvalue weighted by molar-refractivity contribution is 6.06. The third kappa shape index (κ3) is 4.20. The molecule has 1 aliphatic heterocycles. The van der Waals surface area contributed by atoms with Gasteiger partial charge in [-0.2, -0.15) is 0 Å². The fourth-order valence-electron chi connectivity index (χ4n) is 3.23. The van der Waals surface area contributed by atoms with Crippen molar-refractivity contribution in [3.05, 3.63) is 71.7 Å². The minimum atomic E-state index is -0.373. The number of carbonyl (C=O) groups excluding carboxylic acids is 2. The van der Waals surface area contributed by atoms with Crippen molar-refractivity contribution in [1.82, 2.24) is 9.88 Å².